The standard InChI is InChI=1S/C14H20N4O2/c1-10-9-18(7-6-17(10)2)14(19)12-5-3-4-11(8-12)13(15)16-20/h3-5,8,10,20H,6-7,9H2,1-2H3,(H2,15,16). The number of nitrogens with zero attached hydrogens (tertiary/aromatic N) is 3. The first-order valence-corrected chi connectivity index (χ1v) is 6.60. The Morgan fingerprint density at radius 3 is 2.75 bits per heavy atom. The third-order valence-electron chi connectivity index (χ3n) is 3.76. The van der Waals surface area contributed by atoms with Crippen molar-refractivity contribution in [1.29, 1.82) is 0 Å². The van der Waals surface area contributed by atoms with E-state index in [-0.39, 0.29) is 11.7 Å². The summed E-state index contributed by atoms with van der Waals surface area (Å²) < 4.78 is 0. The minimum Gasteiger partial charge on any atom is -0.409 e. The van der Waals surface area contributed by atoms with Crippen LogP contribution < -0.4 is 5.73 Å². The second-order valence-electron chi connectivity index (χ2n) is 5.15. The highest BCUT2D eigenvalue weighted by molar-refractivity contribution is 6.01. The Kier molecular flexibility index (Phi) is 4.24. The molecule has 0 aromatic heterocycles. The number of carbonyl (C=O) groups is 1. The zero-order valence-electron chi connectivity index (χ0n) is 11.8. The molecule has 0 spiro atoms. The summed E-state index contributed by atoms with van der Waals surface area (Å²) in [5.74, 6) is -0.0102. The number of carbonyl (C=O) groups excluding carboxylic acids is 1. The summed E-state index contributed by atoms with van der Waals surface area (Å²) in [6, 6.07) is 7.19. The summed E-state index contributed by atoms with van der Waals surface area (Å²) in [7, 11) is 2.06. The first-order chi connectivity index (χ1) is 9.52. The molecular weight excluding hydrogens is 256 g/mol. The molecule has 1 aromatic rings. The number of nitrogens with two attached hydrogens (primary N) is 1. The van der Waals surface area contributed by atoms with Crippen LogP contribution in [-0.2, 0) is 0 Å². The van der Waals surface area contributed by atoms with Crippen molar-refractivity contribution in [3.63, 3.8) is 0 Å². The number of oxime groups is 1. The molecule has 1 atom stereocenters. The minimum absolute atomic E-state index is 0.00592. The number of amides is 1. The summed E-state index contributed by atoms with van der Waals surface area (Å²) in [6.45, 7) is 4.40. The SMILES string of the molecule is CC1CN(C(=O)c2cccc(C(N)=NO)c2)CCN1C. The van der Waals surface area contributed by atoms with Crippen molar-refractivity contribution >= 4 is 11.7 Å². The summed E-state index contributed by atoms with van der Waals surface area (Å²) >= 11 is 0. The molecule has 108 valence electrons. The Labute approximate surface area is 118 Å². The van der Waals surface area contributed by atoms with Gasteiger partial charge < -0.3 is 20.7 Å². The molecular formula is C14H20N4O2. The van der Waals surface area contributed by atoms with E-state index in [4.69, 9.17) is 10.9 Å². The molecule has 6 nitrogen and oxygen atoms in total. The van der Waals surface area contributed by atoms with Gasteiger partial charge in [0.05, 0.1) is 0 Å². The Bertz CT molecular complexity index is 530. The number of piperazine rings is 1. The average molecular weight is 276 g/mol. The van der Waals surface area contributed by atoms with Crippen molar-refractivity contribution in [1.82, 2.24) is 9.80 Å². The summed E-state index contributed by atoms with van der Waals surface area (Å²) in [5.41, 5.74) is 6.65. The molecule has 1 amide bonds. The molecule has 1 heterocycles. The number of hydrogen-bond acceptors (Lipinski definition) is 4. The molecule has 6 heteroatoms. The highest BCUT2D eigenvalue weighted by atomic mass is 16.4. The fourth-order valence-electron chi connectivity index (χ4n) is 2.28. The zero-order chi connectivity index (χ0) is 14.7. The molecule has 1 saturated heterocycles. The van der Waals surface area contributed by atoms with E-state index in [9.17, 15) is 4.79 Å². The Balaban J connectivity index is 2.17. The molecule has 2 rings (SSSR count). The van der Waals surface area contributed by atoms with Crippen LogP contribution in [0, 0.1) is 0 Å². The van der Waals surface area contributed by atoms with Gasteiger partial charge in [0.15, 0.2) is 5.84 Å². The maximum absolute atomic E-state index is 12.5. The van der Waals surface area contributed by atoms with Crippen molar-refractivity contribution in [2.24, 2.45) is 10.9 Å². The minimum atomic E-state index is -0.0162. The number of likely N-dealkylation sites (N-methyl/N-ethyl adjacent to an activating group) is 1. The fraction of sp³-hybridized carbons (Fsp3) is 0.429. The summed E-state index contributed by atoms with van der Waals surface area (Å²) in [5, 5.41) is 11.6. The van der Waals surface area contributed by atoms with E-state index in [2.05, 4.69) is 24.0 Å². The third kappa shape index (κ3) is 2.91. The Morgan fingerprint density at radius 2 is 2.10 bits per heavy atom. The van der Waals surface area contributed by atoms with E-state index < -0.39 is 0 Å². The number of benzene rings is 1. The highest BCUT2D eigenvalue weighted by Gasteiger charge is 2.25. The lowest BCUT2D eigenvalue weighted by molar-refractivity contribution is 0.0572. The number of amidine groups is 1. The van der Waals surface area contributed by atoms with Gasteiger partial charge in [-0.2, -0.15) is 0 Å². The van der Waals surface area contributed by atoms with E-state index in [1.807, 2.05) is 4.90 Å². The largest absolute Gasteiger partial charge is 0.409 e. The highest BCUT2D eigenvalue weighted by Crippen LogP contribution is 2.13. The average Bonchev–Trinajstić information content (AvgIpc) is 2.48. The molecule has 0 saturated carbocycles. The maximum Gasteiger partial charge on any atom is 0.253 e. The smallest absolute Gasteiger partial charge is 0.253 e. The second kappa shape index (κ2) is 5.92. The van der Waals surface area contributed by atoms with Crippen molar-refractivity contribution in [2.75, 3.05) is 26.7 Å². The molecule has 1 unspecified atom stereocenters. The predicted octanol–water partition coefficient (Wildman–Crippen LogP) is 0.557. The first-order valence-electron chi connectivity index (χ1n) is 6.60. The Morgan fingerprint density at radius 1 is 1.40 bits per heavy atom. The van der Waals surface area contributed by atoms with Gasteiger partial charge in [-0.25, -0.2) is 0 Å². The summed E-state index contributed by atoms with van der Waals surface area (Å²) in [6.07, 6.45) is 0. The molecule has 1 fully saturated rings. The van der Waals surface area contributed by atoms with E-state index in [0.29, 0.717) is 30.3 Å². The molecule has 1 aromatic carbocycles. The van der Waals surface area contributed by atoms with Gasteiger partial charge in [-0.1, -0.05) is 17.3 Å². The van der Waals surface area contributed by atoms with E-state index in [1.54, 1.807) is 24.3 Å². The topological polar surface area (TPSA) is 82.2 Å². The van der Waals surface area contributed by atoms with Crippen LogP contribution >= 0.6 is 0 Å². The molecule has 1 aliphatic heterocycles. The zero-order valence-corrected chi connectivity index (χ0v) is 11.8. The van der Waals surface area contributed by atoms with Crippen LogP contribution in [0.25, 0.3) is 0 Å². The first kappa shape index (κ1) is 14.3. The molecule has 0 aliphatic carbocycles. The Hall–Kier alpha value is -2.08. The molecule has 0 bridgehead atoms. The normalized spacial score (nSPS) is 21.0. The molecule has 0 radical (unpaired) electrons. The van der Waals surface area contributed by atoms with E-state index in [0.717, 1.165) is 6.54 Å². The maximum atomic E-state index is 12.5. The van der Waals surface area contributed by atoms with E-state index in [1.165, 1.54) is 0 Å². The van der Waals surface area contributed by atoms with Gasteiger partial charge in [0.2, 0.25) is 0 Å². The van der Waals surface area contributed by atoms with Crippen molar-refractivity contribution in [3.05, 3.63) is 35.4 Å². The van der Waals surface area contributed by atoms with Crippen LogP contribution in [-0.4, -0.2) is 59.5 Å². The predicted molar refractivity (Wildman–Crippen MR) is 76.9 cm³/mol. The van der Waals surface area contributed by atoms with Gasteiger partial charge in [0.1, 0.15) is 0 Å². The van der Waals surface area contributed by atoms with Gasteiger partial charge in [-0.15, -0.1) is 0 Å². The summed E-state index contributed by atoms with van der Waals surface area (Å²) in [4.78, 5) is 16.6. The van der Waals surface area contributed by atoms with Gasteiger partial charge in [0.25, 0.3) is 5.91 Å². The van der Waals surface area contributed by atoms with Crippen LogP contribution in [0.1, 0.15) is 22.8 Å². The van der Waals surface area contributed by atoms with Crippen molar-refractivity contribution in [2.45, 2.75) is 13.0 Å². The van der Waals surface area contributed by atoms with E-state index >= 15 is 0 Å². The van der Waals surface area contributed by atoms with Crippen LogP contribution in [0.15, 0.2) is 29.4 Å². The van der Waals surface area contributed by atoms with Crippen LogP contribution in [0.5, 0.6) is 0 Å². The second-order valence-corrected chi connectivity index (χ2v) is 5.15. The van der Waals surface area contributed by atoms with Crippen molar-refractivity contribution in [3.8, 4) is 0 Å². The van der Waals surface area contributed by atoms with Gasteiger partial charge in [-0.3, -0.25) is 4.79 Å². The number of hydrogen-bond donors (Lipinski definition) is 2. The monoisotopic (exact) mass is 276 g/mol. The quantitative estimate of drug-likeness (QED) is 0.358. The lowest BCUT2D eigenvalue weighted by Crippen LogP contribution is -2.52. The molecule has 1 aliphatic rings. The lowest BCUT2D eigenvalue weighted by atomic mass is 10.1. The van der Waals surface area contributed by atoms with Crippen molar-refractivity contribution < 1.29 is 10.0 Å². The van der Waals surface area contributed by atoms with Gasteiger partial charge in [-0.05, 0) is 26.1 Å². The van der Waals surface area contributed by atoms with Crippen LogP contribution in [0.2, 0.25) is 0 Å². The molecule has 20 heavy (non-hydrogen) atoms. The number of rotatable bonds is 2. The van der Waals surface area contributed by atoms with Gasteiger partial charge in [0, 0.05) is 36.8 Å². The van der Waals surface area contributed by atoms with Crippen LogP contribution in [0.3, 0.4) is 0 Å². The fourth-order valence-corrected chi connectivity index (χ4v) is 2.28. The van der Waals surface area contributed by atoms with Crippen LogP contribution in [0.4, 0.5) is 0 Å². The molecule has 3 N–H and O–H groups in total. The lowest BCUT2D eigenvalue weighted by Gasteiger charge is -2.37. The van der Waals surface area contributed by atoms with Gasteiger partial charge >= 0.3 is 0 Å². The third-order valence-corrected chi connectivity index (χ3v) is 3.76.